The molecule has 4 N–H and O–H groups in total. The molecule has 1 aromatic carbocycles. The molecule has 226 valence electrons. The third-order valence-electron chi connectivity index (χ3n) is 7.92. The van der Waals surface area contributed by atoms with Crippen molar-refractivity contribution in [1.29, 1.82) is 0 Å². The molecule has 2 aliphatic rings. The summed E-state index contributed by atoms with van der Waals surface area (Å²) in [6.45, 7) is 0.788. The zero-order valence-corrected chi connectivity index (χ0v) is 22.8. The number of nitrogens with zero attached hydrogens (tertiary/aromatic N) is 7. The Morgan fingerprint density at radius 3 is 2.58 bits per heavy atom. The van der Waals surface area contributed by atoms with Crippen molar-refractivity contribution in [2.75, 3.05) is 11.1 Å². The Hall–Kier alpha value is -4.41. The van der Waals surface area contributed by atoms with Crippen LogP contribution < -0.4 is 11.1 Å². The number of anilines is 2. The molecule has 1 atom stereocenters. The standard InChI is InChI=1S/C25H21ClF5N9O3/c1-22(14-9-39(38-36-14)10-23(4-5-23)21(42)43)15-17(32)33-19(34-18(15)35-20(22)41)16-12-3-2-11(26)8-13(12)40(37-16)7-6-24(27,28)25(29,30)31/h2-3,8-9H,4-7,10H2,1H3,(H,42,43)(H3,32,33,34,35,41)/t22-/m0/s1. The summed E-state index contributed by atoms with van der Waals surface area (Å²) in [6, 6.07) is 4.31. The molecule has 1 aliphatic carbocycles. The highest BCUT2D eigenvalue weighted by atomic mass is 35.5. The largest absolute Gasteiger partial charge is 0.481 e. The lowest BCUT2D eigenvalue weighted by atomic mass is 9.81. The molecule has 3 aromatic heterocycles. The summed E-state index contributed by atoms with van der Waals surface area (Å²) in [7, 11) is 0. The summed E-state index contributed by atoms with van der Waals surface area (Å²) >= 11 is 6.06. The number of nitrogens with one attached hydrogen (secondary N) is 1. The molecule has 1 amide bonds. The van der Waals surface area contributed by atoms with Gasteiger partial charge in [-0.3, -0.25) is 19.0 Å². The van der Waals surface area contributed by atoms with Crippen molar-refractivity contribution in [3.05, 3.63) is 40.7 Å². The Balaban J connectivity index is 1.37. The zero-order chi connectivity index (χ0) is 31.1. The van der Waals surface area contributed by atoms with Gasteiger partial charge in [0.05, 0.1) is 23.0 Å². The molecule has 1 fully saturated rings. The van der Waals surface area contributed by atoms with Gasteiger partial charge in [-0.1, -0.05) is 16.8 Å². The van der Waals surface area contributed by atoms with Crippen LogP contribution in [0.1, 0.15) is 37.4 Å². The maximum atomic E-state index is 13.7. The van der Waals surface area contributed by atoms with Gasteiger partial charge in [0.2, 0.25) is 5.91 Å². The number of rotatable bonds is 8. The van der Waals surface area contributed by atoms with E-state index in [-0.39, 0.29) is 51.5 Å². The number of aliphatic carboxylic acids is 1. The monoisotopic (exact) mass is 625 g/mol. The topological polar surface area (TPSA) is 167 Å². The highest BCUT2D eigenvalue weighted by Gasteiger charge is 2.57. The number of carboxylic acid groups (broad SMARTS) is 1. The average Bonchev–Trinajstić information content (AvgIpc) is 3.27. The Morgan fingerprint density at radius 1 is 1.21 bits per heavy atom. The van der Waals surface area contributed by atoms with Gasteiger partial charge >= 0.3 is 18.1 Å². The molecular weight excluding hydrogens is 605 g/mol. The van der Waals surface area contributed by atoms with Crippen LogP contribution in [0.5, 0.6) is 0 Å². The number of hydrogen-bond acceptors (Lipinski definition) is 8. The first kappa shape index (κ1) is 28.7. The van der Waals surface area contributed by atoms with E-state index in [2.05, 4.69) is 30.7 Å². The van der Waals surface area contributed by atoms with E-state index < -0.39 is 47.8 Å². The van der Waals surface area contributed by atoms with Crippen molar-refractivity contribution >= 4 is 46.0 Å². The number of nitrogen functional groups attached to an aromatic ring is 1. The van der Waals surface area contributed by atoms with E-state index in [1.807, 2.05) is 0 Å². The number of carbonyl (C=O) groups excluding carboxylic acids is 1. The fourth-order valence-electron chi connectivity index (χ4n) is 5.13. The summed E-state index contributed by atoms with van der Waals surface area (Å²) in [5.41, 5.74) is 4.39. The molecule has 0 radical (unpaired) electrons. The molecule has 6 rings (SSSR count). The fourth-order valence-corrected chi connectivity index (χ4v) is 5.30. The van der Waals surface area contributed by atoms with E-state index in [1.54, 1.807) is 0 Å². The van der Waals surface area contributed by atoms with Crippen LogP contribution in [0.4, 0.5) is 33.6 Å². The van der Waals surface area contributed by atoms with Crippen molar-refractivity contribution in [1.82, 2.24) is 34.7 Å². The molecule has 4 heterocycles. The van der Waals surface area contributed by atoms with Gasteiger partial charge in [0.15, 0.2) is 5.82 Å². The second-order valence-electron chi connectivity index (χ2n) is 10.8. The third kappa shape index (κ3) is 4.52. The van der Waals surface area contributed by atoms with E-state index in [9.17, 15) is 36.6 Å². The minimum atomic E-state index is -5.74. The molecule has 0 unspecified atom stereocenters. The predicted octanol–water partition coefficient (Wildman–Crippen LogP) is 4.03. The normalized spacial score (nSPS) is 19.5. The van der Waals surface area contributed by atoms with Crippen molar-refractivity contribution in [2.24, 2.45) is 5.41 Å². The van der Waals surface area contributed by atoms with Crippen LogP contribution in [-0.4, -0.2) is 63.8 Å². The molecule has 12 nitrogen and oxygen atoms in total. The van der Waals surface area contributed by atoms with Gasteiger partial charge in [0, 0.05) is 29.6 Å². The Kier molecular flexibility index (Phi) is 6.20. The number of amides is 1. The third-order valence-corrected chi connectivity index (χ3v) is 8.16. The van der Waals surface area contributed by atoms with Crippen LogP contribution in [0.2, 0.25) is 5.02 Å². The number of aromatic nitrogens is 7. The van der Waals surface area contributed by atoms with E-state index in [1.165, 1.54) is 36.0 Å². The number of benzene rings is 1. The highest BCUT2D eigenvalue weighted by Crippen LogP contribution is 2.48. The Labute approximate surface area is 243 Å². The van der Waals surface area contributed by atoms with Gasteiger partial charge in [-0.25, -0.2) is 9.97 Å². The predicted molar refractivity (Wildman–Crippen MR) is 140 cm³/mol. The van der Waals surface area contributed by atoms with E-state index in [0.717, 1.165) is 4.68 Å². The summed E-state index contributed by atoms with van der Waals surface area (Å²) in [4.78, 5) is 33.6. The molecule has 0 spiro atoms. The van der Waals surface area contributed by atoms with Crippen LogP contribution in [0.3, 0.4) is 0 Å². The number of carboxylic acids is 1. The number of carbonyl (C=O) groups is 2. The van der Waals surface area contributed by atoms with Gasteiger partial charge in [-0.15, -0.1) is 5.10 Å². The minimum Gasteiger partial charge on any atom is -0.481 e. The van der Waals surface area contributed by atoms with E-state index in [4.69, 9.17) is 17.3 Å². The maximum absolute atomic E-state index is 13.7. The van der Waals surface area contributed by atoms with Crippen LogP contribution >= 0.6 is 11.6 Å². The molecule has 1 aliphatic heterocycles. The van der Waals surface area contributed by atoms with Gasteiger partial charge in [0.25, 0.3) is 0 Å². The lowest BCUT2D eigenvalue weighted by Gasteiger charge is -2.19. The van der Waals surface area contributed by atoms with E-state index in [0.29, 0.717) is 18.2 Å². The lowest BCUT2D eigenvalue weighted by molar-refractivity contribution is -0.285. The van der Waals surface area contributed by atoms with Gasteiger partial charge < -0.3 is 16.2 Å². The zero-order valence-electron chi connectivity index (χ0n) is 22.1. The van der Waals surface area contributed by atoms with Gasteiger partial charge in [-0.2, -0.15) is 27.1 Å². The quantitative estimate of drug-likeness (QED) is 0.245. The first-order valence-corrected chi connectivity index (χ1v) is 13.2. The first-order valence-electron chi connectivity index (χ1n) is 12.8. The van der Waals surface area contributed by atoms with Crippen molar-refractivity contribution in [2.45, 2.75) is 56.8 Å². The second kappa shape index (κ2) is 9.29. The van der Waals surface area contributed by atoms with Crippen molar-refractivity contribution in [3.63, 3.8) is 0 Å². The number of hydrogen-bond donors (Lipinski definition) is 3. The summed E-state index contributed by atoms with van der Waals surface area (Å²) in [5.74, 6) is -6.74. The van der Waals surface area contributed by atoms with Crippen molar-refractivity contribution in [3.8, 4) is 11.5 Å². The van der Waals surface area contributed by atoms with Gasteiger partial charge in [0.1, 0.15) is 28.4 Å². The maximum Gasteiger partial charge on any atom is 0.453 e. The van der Waals surface area contributed by atoms with E-state index >= 15 is 0 Å². The number of halogens is 6. The molecule has 18 heteroatoms. The number of fused-ring (bicyclic) bond motifs is 2. The molecular formula is C25H21ClF5N9O3. The van der Waals surface area contributed by atoms with Crippen LogP contribution in [0, 0.1) is 5.41 Å². The SMILES string of the molecule is C[C@@]1(c2cn(CC3(C(=O)O)CC3)nn2)C(=O)Nc2nc(-c3nn(CCC(F)(F)C(F)(F)F)c4cc(Cl)ccc34)nc(N)c21. The fraction of sp³-hybridized carbons (Fsp3) is 0.400. The van der Waals surface area contributed by atoms with Crippen LogP contribution in [-0.2, 0) is 28.1 Å². The molecule has 4 aromatic rings. The summed E-state index contributed by atoms with van der Waals surface area (Å²) in [6.07, 6.45) is -4.87. The molecule has 43 heavy (non-hydrogen) atoms. The Morgan fingerprint density at radius 2 is 1.93 bits per heavy atom. The smallest absolute Gasteiger partial charge is 0.453 e. The molecule has 0 saturated heterocycles. The number of nitrogens with two attached hydrogens (primary N) is 1. The summed E-state index contributed by atoms with van der Waals surface area (Å²) < 4.78 is 68.0. The van der Waals surface area contributed by atoms with Crippen LogP contribution in [0.15, 0.2) is 24.4 Å². The number of aryl methyl sites for hydroxylation is 1. The first-order chi connectivity index (χ1) is 20.1. The molecule has 1 saturated carbocycles. The highest BCUT2D eigenvalue weighted by molar-refractivity contribution is 6.31. The average molecular weight is 626 g/mol. The van der Waals surface area contributed by atoms with Gasteiger partial charge in [-0.05, 0) is 38.0 Å². The van der Waals surface area contributed by atoms with Crippen LogP contribution in [0.25, 0.3) is 22.4 Å². The second-order valence-corrected chi connectivity index (χ2v) is 11.2. The molecule has 0 bridgehead atoms. The number of alkyl halides is 5. The lowest BCUT2D eigenvalue weighted by Crippen LogP contribution is -2.37. The van der Waals surface area contributed by atoms with Crippen molar-refractivity contribution < 1.29 is 36.6 Å². The minimum absolute atomic E-state index is 0.00805. The summed E-state index contributed by atoms with van der Waals surface area (Å²) in [5, 5.41) is 24.9. The Bertz CT molecular complexity index is 1820.